The first-order valence-electron chi connectivity index (χ1n) is 9.18. The Balaban J connectivity index is 2.55. The summed E-state index contributed by atoms with van der Waals surface area (Å²) in [6.07, 6.45) is 7.04. The fourth-order valence-corrected chi connectivity index (χ4v) is 1.78. The van der Waals surface area contributed by atoms with Crippen LogP contribution in [0.25, 0.3) is 0 Å². The van der Waals surface area contributed by atoms with E-state index in [4.69, 9.17) is 29.3 Å². The van der Waals surface area contributed by atoms with Gasteiger partial charge in [-0.05, 0) is 74.0 Å². The van der Waals surface area contributed by atoms with E-state index in [9.17, 15) is 0 Å². The van der Waals surface area contributed by atoms with Crippen LogP contribution < -0.4 is 0 Å². The lowest BCUT2D eigenvalue weighted by Crippen LogP contribution is -2.37. The van der Waals surface area contributed by atoms with Crippen LogP contribution in [0.4, 0.5) is 0 Å². The van der Waals surface area contributed by atoms with Crippen molar-refractivity contribution in [3.8, 4) is 0 Å². The Labute approximate surface area is 158 Å². The third-order valence-electron chi connectivity index (χ3n) is 3.50. The average Bonchev–Trinajstić information content (AvgIpc) is 2.50. The minimum atomic E-state index is -0.610. The van der Waals surface area contributed by atoms with Gasteiger partial charge >= 0.3 is 0 Å². The molecule has 0 saturated carbocycles. The molecule has 0 heterocycles. The molecule has 0 N–H and O–H groups in total. The molecule has 0 radical (unpaired) electrons. The van der Waals surface area contributed by atoms with Gasteiger partial charge < -0.3 is 4.89 Å². The van der Waals surface area contributed by atoms with E-state index < -0.39 is 16.8 Å². The second-order valence-electron chi connectivity index (χ2n) is 9.17. The van der Waals surface area contributed by atoms with Crippen LogP contribution in [0.5, 0.6) is 0 Å². The lowest BCUT2D eigenvalue weighted by atomic mass is 9.97. The predicted octanol–water partition coefficient (Wildman–Crippen LogP) is 5.20. The fraction of sp³-hybridized carbons (Fsp3) is 0.800. The summed E-state index contributed by atoms with van der Waals surface area (Å²) in [6, 6.07) is 0. The van der Waals surface area contributed by atoms with Crippen molar-refractivity contribution in [1.82, 2.24) is 0 Å². The largest absolute Gasteiger partial charge is 0.338 e. The first-order valence-corrected chi connectivity index (χ1v) is 9.18. The molecule has 1 aliphatic rings. The molecule has 0 saturated heterocycles. The highest BCUT2D eigenvalue weighted by molar-refractivity contribution is 5.22. The molecule has 6 heteroatoms. The number of allylic oxidation sites excluding steroid dienone is 1. The molecule has 0 aromatic heterocycles. The van der Waals surface area contributed by atoms with E-state index in [0.717, 1.165) is 0 Å². The summed E-state index contributed by atoms with van der Waals surface area (Å²) < 4.78 is 0. The van der Waals surface area contributed by atoms with Crippen molar-refractivity contribution in [3.05, 3.63) is 24.0 Å². The van der Waals surface area contributed by atoms with Crippen molar-refractivity contribution >= 4 is 0 Å². The monoisotopic (exact) mass is 372 g/mol. The molecule has 0 bridgehead atoms. The van der Waals surface area contributed by atoms with Gasteiger partial charge in [-0.3, -0.25) is 0 Å². The van der Waals surface area contributed by atoms with Crippen molar-refractivity contribution in [3.63, 3.8) is 0 Å². The van der Waals surface area contributed by atoms with E-state index in [0.29, 0.717) is 18.6 Å². The molecule has 1 aliphatic carbocycles. The second-order valence-corrected chi connectivity index (χ2v) is 9.17. The third-order valence-corrected chi connectivity index (χ3v) is 3.50. The molecule has 0 aliphatic heterocycles. The summed E-state index contributed by atoms with van der Waals surface area (Å²) in [5, 5.41) is 0. The molecule has 0 amide bonds. The zero-order valence-corrected chi connectivity index (χ0v) is 17.8. The van der Waals surface area contributed by atoms with Gasteiger partial charge in [-0.1, -0.05) is 13.0 Å². The molecule has 0 aromatic carbocycles. The highest BCUT2D eigenvalue weighted by atomic mass is 17.2. The lowest BCUT2D eigenvalue weighted by molar-refractivity contribution is -0.421. The summed E-state index contributed by atoms with van der Waals surface area (Å²) in [7, 11) is 0. The van der Waals surface area contributed by atoms with Crippen molar-refractivity contribution in [2.45, 2.75) is 97.6 Å². The van der Waals surface area contributed by atoms with Crippen molar-refractivity contribution in [2.24, 2.45) is 0 Å². The average molecular weight is 373 g/mol. The molecule has 2 unspecified atom stereocenters. The van der Waals surface area contributed by atoms with Gasteiger partial charge in [0, 0.05) is 6.42 Å². The molecule has 1 rings (SSSR count). The number of rotatable bonds is 9. The highest BCUT2D eigenvalue weighted by Gasteiger charge is 2.31. The molecule has 0 spiro atoms. The van der Waals surface area contributed by atoms with Gasteiger partial charge in [0.25, 0.3) is 0 Å². The van der Waals surface area contributed by atoms with Gasteiger partial charge in [-0.15, -0.1) is 0 Å². The lowest BCUT2D eigenvalue weighted by Gasteiger charge is -2.31. The fourth-order valence-electron chi connectivity index (χ4n) is 1.78. The molecular weight excluding hydrogens is 336 g/mol. The van der Waals surface area contributed by atoms with Gasteiger partial charge in [-0.25, -0.2) is 19.6 Å². The van der Waals surface area contributed by atoms with E-state index in [1.807, 2.05) is 80.5 Å². The maximum Gasteiger partial charge on any atom is 0.164 e. The maximum atomic E-state index is 5.60. The van der Waals surface area contributed by atoms with E-state index in [1.54, 1.807) is 0 Å². The van der Waals surface area contributed by atoms with Crippen molar-refractivity contribution < 1.29 is 29.3 Å². The smallest absolute Gasteiger partial charge is 0.164 e. The summed E-state index contributed by atoms with van der Waals surface area (Å²) in [6.45, 7) is 17.7. The molecule has 26 heavy (non-hydrogen) atoms. The Morgan fingerprint density at radius 3 is 2.12 bits per heavy atom. The zero-order chi connectivity index (χ0) is 20.1. The van der Waals surface area contributed by atoms with Gasteiger partial charge in [-0.2, -0.15) is 4.89 Å². The third kappa shape index (κ3) is 9.14. The maximum absolute atomic E-state index is 5.60. The molecule has 2 atom stereocenters. The van der Waals surface area contributed by atoms with Crippen LogP contribution >= 0.6 is 0 Å². The predicted molar refractivity (Wildman–Crippen MR) is 99.8 cm³/mol. The van der Waals surface area contributed by atoms with Crippen LogP contribution in [0.2, 0.25) is 0 Å². The molecule has 152 valence electrons. The van der Waals surface area contributed by atoms with Crippen LogP contribution in [-0.2, 0) is 29.3 Å². The van der Waals surface area contributed by atoms with Gasteiger partial charge in [0.2, 0.25) is 0 Å². The molecule has 0 fully saturated rings. The molecular formula is C20H36O6. The number of hydrogen-bond donors (Lipinski definition) is 0. The van der Waals surface area contributed by atoms with Crippen LogP contribution in [0, 0.1) is 0 Å². The summed E-state index contributed by atoms with van der Waals surface area (Å²) >= 11 is 0. The van der Waals surface area contributed by atoms with Crippen LogP contribution in [0.3, 0.4) is 0 Å². The van der Waals surface area contributed by atoms with E-state index in [-0.39, 0.29) is 12.2 Å². The van der Waals surface area contributed by atoms with E-state index >= 15 is 0 Å². The van der Waals surface area contributed by atoms with Gasteiger partial charge in [0.15, 0.2) is 5.76 Å². The SMILES string of the molecule is CCC(C)(COOC1=CC(C)(OOC(C)(C)C)CC=C1)OOC(C)(C)C. The minimum Gasteiger partial charge on any atom is -0.338 e. The second kappa shape index (κ2) is 8.85. The highest BCUT2D eigenvalue weighted by Crippen LogP contribution is 2.28. The first-order chi connectivity index (χ1) is 11.8. The van der Waals surface area contributed by atoms with E-state index in [2.05, 4.69) is 0 Å². The Hall–Kier alpha value is -0.920. The zero-order valence-electron chi connectivity index (χ0n) is 17.8. The molecule has 6 nitrogen and oxygen atoms in total. The molecule has 0 aromatic rings. The van der Waals surface area contributed by atoms with Gasteiger partial charge in [0.05, 0.1) is 11.2 Å². The summed E-state index contributed by atoms with van der Waals surface area (Å²) in [5.74, 6) is 0.562. The summed E-state index contributed by atoms with van der Waals surface area (Å²) in [4.78, 5) is 32.9. The van der Waals surface area contributed by atoms with Crippen LogP contribution in [0.1, 0.15) is 75.2 Å². The Morgan fingerprint density at radius 2 is 1.58 bits per heavy atom. The van der Waals surface area contributed by atoms with E-state index in [1.165, 1.54) is 0 Å². The van der Waals surface area contributed by atoms with Crippen molar-refractivity contribution in [2.75, 3.05) is 6.61 Å². The topological polar surface area (TPSA) is 55.4 Å². The number of hydrogen-bond acceptors (Lipinski definition) is 6. The Morgan fingerprint density at radius 1 is 0.962 bits per heavy atom. The summed E-state index contributed by atoms with van der Waals surface area (Å²) in [5.41, 5.74) is -2.00. The normalized spacial score (nSPS) is 23.5. The standard InChI is InChI=1S/C20H36O6/c1-10-19(8,25-23-17(2,3)4)15-21-22-16-12-11-13-20(9,14-16)26-24-18(5,6)7/h11-12,14H,10,13,15H2,1-9H3. The van der Waals surface area contributed by atoms with Crippen molar-refractivity contribution in [1.29, 1.82) is 0 Å². The van der Waals surface area contributed by atoms with Gasteiger partial charge in [0.1, 0.15) is 17.8 Å². The Bertz CT molecular complexity index is 499. The van der Waals surface area contributed by atoms with Crippen LogP contribution in [-0.4, -0.2) is 29.0 Å². The first kappa shape index (κ1) is 23.1. The minimum absolute atomic E-state index is 0.223. The van der Waals surface area contributed by atoms with Crippen LogP contribution in [0.15, 0.2) is 24.0 Å². The Kier molecular flexibility index (Phi) is 7.87. The quantitative estimate of drug-likeness (QED) is 0.410.